The number of amides is 1. The van der Waals surface area contributed by atoms with E-state index in [0.29, 0.717) is 5.89 Å². The van der Waals surface area contributed by atoms with E-state index in [0.717, 1.165) is 40.8 Å². The lowest BCUT2D eigenvalue weighted by atomic mass is 9.82. The van der Waals surface area contributed by atoms with Crippen LogP contribution in [0.4, 0.5) is 0 Å². The molecule has 25 heavy (non-hydrogen) atoms. The van der Waals surface area contributed by atoms with E-state index >= 15 is 0 Å². The van der Waals surface area contributed by atoms with Crippen molar-refractivity contribution in [3.8, 4) is 11.5 Å². The first-order chi connectivity index (χ1) is 12.2. The first kappa shape index (κ1) is 16.0. The number of hydrazone groups is 1. The summed E-state index contributed by atoms with van der Waals surface area (Å²) in [5, 5.41) is 8.34. The van der Waals surface area contributed by atoms with Crippen LogP contribution in [0.3, 0.4) is 0 Å². The Balaban J connectivity index is 1.70. The Morgan fingerprint density at radius 3 is 2.92 bits per heavy atom. The molecule has 5 nitrogen and oxygen atoms in total. The van der Waals surface area contributed by atoms with Crippen LogP contribution in [-0.4, -0.2) is 16.6 Å². The summed E-state index contributed by atoms with van der Waals surface area (Å²) in [5.74, 6) is 0.678. The topological polar surface area (TPSA) is 67.5 Å². The van der Waals surface area contributed by atoms with Gasteiger partial charge in [-0.1, -0.05) is 26.3 Å². The van der Waals surface area contributed by atoms with E-state index in [4.69, 9.17) is 4.42 Å². The Kier molecular flexibility index (Phi) is 4.13. The van der Waals surface area contributed by atoms with Crippen LogP contribution in [0.5, 0.6) is 0 Å². The smallest absolute Gasteiger partial charge is 0.243 e. The molecule has 0 aliphatic carbocycles. The zero-order chi connectivity index (χ0) is 17.4. The molecule has 4 rings (SSSR count). The summed E-state index contributed by atoms with van der Waals surface area (Å²) in [5.41, 5.74) is 7.08. The fourth-order valence-electron chi connectivity index (χ4n) is 3.33. The summed E-state index contributed by atoms with van der Waals surface area (Å²) in [6.07, 6.45) is 1.83. The third-order valence-electron chi connectivity index (χ3n) is 4.71. The number of benzene rings is 1. The number of carbonyl (C=O) groups is 1. The first-order valence-electron chi connectivity index (χ1n) is 8.48. The molecular formula is C19H19N3O2S. The van der Waals surface area contributed by atoms with E-state index in [9.17, 15) is 4.79 Å². The van der Waals surface area contributed by atoms with Gasteiger partial charge in [-0.2, -0.15) is 16.4 Å². The van der Waals surface area contributed by atoms with Gasteiger partial charge in [-0.05, 0) is 30.0 Å². The van der Waals surface area contributed by atoms with Crippen LogP contribution >= 0.6 is 11.3 Å². The predicted octanol–water partition coefficient (Wildman–Crippen LogP) is 4.44. The van der Waals surface area contributed by atoms with Crippen molar-refractivity contribution < 1.29 is 9.21 Å². The molecule has 0 saturated heterocycles. The van der Waals surface area contributed by atoms with Gasteiger partial charge in [0, 0.05) is 28.3 Å². The van der Waals surface area contributed by atoms with Gasteiger partial charge < -0.3 is 4.42 Å². The predicted molar refractivity (Wildman–Crippen MR) is 99.6 cm³/mol. The maximum absolute atomic E-state index is 12.1. The van der Waals surface area contributed by atoms with Crippen LogP contribution in [-0.2, 0) is 4.79 Å². The number of rotatable bonds is 4. The second-order valence-electron chi connectivity index (χ2n) is 6.37. The number of aromatic nitrogens is 1. The van der Waals surface area contributed by atoms with Crippen molar-refractivity contribution in [2.24, 2.45) is 16.9 Å². The number of oxazole rings is 1. The van der Waals surface area contributed by atoms with Gasteiger partial charge in [-0.3, -0.25) is 4.79 Å². The summed E-state index contributed by atoms with van der Waals surface area (Å²) in [6, 6.07) is 7.91. The van der Waals surface area contributed by atoms with Crippen LogP contribution < -0.4 is 5.43 Å². The fourth-order valence-corrected chi connectivity index (χ4v) is 3.96. The number of nitrogens with one attached hydrogen (secondary N) is 1. The molecule has 3 aromatic rings. The molecule has 2 atom stereocenters. The van der Waals surface area contributed by atoms with Crippen molar-refractivity contribution in [1.29, 1.82) is 0 Å². The van der Waals surface area contributed by atoms with E-state index in [1.807, 2.05) is 35.0 Å². The molecule has 1 aromatic carbocycles. The van der Waals surface area contributed by atoms with Crippen molar-refractivity contribution in [1.82, 2.24) is 10.4 Å². The summed E-state index contributed by atoms with van der Waals surface area (Å²) < 4.78 is 5.93. The van der Waals surface area contributed by atoms with Crippen molar-refractivity contribution in [2.45, 2.75) is 26.7 Å². The highest BCUT2D eigenvalue weighted by molar-refractivity contribution is 7.08. The Labute approximate surface area is 149 Å². The van der Waals surface area contributed by atoms with E-state index in [2.05, 4.69) is 29.4 Å². The van der Waals surface area contributed by atoms with E-state index < -0.39 is 0 Å². The lowest BCUT2D eigenvalue weighted by Crippen LogP contribution is -2.40. The Hall–Kier alpha value is -2.47. The molecule has 128 valence electrons. The third kappa shape index (κ3) is 2.87. The molecule has 0 radical (unpaired) electrons. The number of nitrogens with zero attached hydrogens (tertiary/aromatic N) is 2. The van der Waals surface area contributed by atoms with Crippen LogP contribution in [0.15, 0.2) is 44.5 Å². The highest BCUT2D eigenvalue weighted by Gasteiger charge is 2.32. The van der Waals surface area contributed by atoms with Gasteiger partial charge in [0.2, 0.25) is 11.8 Å². The van der Waals surface area contributed by atoms with Gasteiger partial charge in [-0.25, -0.2) is 10.4 Å². The molecule has 3 heterocycles. The SMILES string of the molecule is CCC[C@@H]1C(=O)NN=C(c2ccc3nc(-c4ccsc4)oc3c2)[C@H]1C. The Bertz CT molecular complexity index is 943. The molecular weight excluding hydrogens is 334 g/mol. The Morgan fingerprint density at radius 1 is 1.28 bits per heavy atom. The molecule has 0 unspecified atom stereocenters. The van der Waals surface area contributed by atoms with Crippen LogP contribution in [0.25, 0.3) is 22.6 Å². The lowest BCUT2D eigenvalue weighted by Gasteiger charge is -2.27. The normalized spacial score (nSPS) is 20.6. The second-order valence-corrected chi connectivity index (χ2v) is 7.15. The molecule has 0 saturated carbocycles. The molecule has 0 fully saturated rings. The molecule has 1 aliphatic heterocycles. The molecule has 6 heteroatoms. The molecule has 1 N–H and O–H groups in total. The summed E-state index contributed by atoms with van der Waals surface area (Å²) in [6.45, 7) is 4.16. The number of fused-ring (bicyclic) bond motifs is 1. The summed E-state index contributed by atoms with van der Waals surface area (Å²) in [7, 11) is 0. The zero-order valence-electron chi connectivity index (χ0n) is 14.2. The van der Waals surface area contributed by atoms with Gasteiger partial charge in [0.05, 0.1) is 5.71 Å². The first-order valence-corrected chi connectivity index (χ1v) is 9.42. The average molecular weight is 353 g/mol. The maximum Gasteiger partial charge on any atom is 0.243 e. The molecule has 2 aromatic heterocycles. The van der Waals surface area contributed by atoms with Gasteiger partial charge >= 0.3 is 0 Å². The summed E-state index contributed by atoms with van der Waals surface area (Å²) >= 11 is 1.62. The van der Waals surface area contributed by atoms with Crippen molar-refractivity contribution in [3.05, 3.63) is 40.6 Å². The highest BCUT2D eigenvalue weighted by atomic mass is 32.1. The average Bonchev–Trinajstić information content (AvgIpc) is 3.26. The number of hydrogen-bond acceptors (Lipinski definition) is 5. The third-order valence-corrected chi connectivity index (χ3v) is 5.39. The van der Waals surface area contributed by atoms with Crippen molar-refractivity contribution in [2.75, 3.05) is 0 Å². The molecule has 0 bridgehead atoms. The van der Waals surface area contributed by atoms with Crippen molar-refractivity contribution >= 4 is 34.1 Å². The minimum atomic E-state index is -0.0377. The fraction of sp³-hybridized carbons (Fsp3) is 0.316. The van der Waals surface area contributed by atoms with Gasteiger partial charge in [0.25, 0.3) is 0 Å². The molecule has 0 spiro atoms. The molecule has 1 aliphatic rings. The van der Waals surface area contributed by atoms with E-state index in [1.54, 1.807) is 11.3 Å². The minimum Gasteiger partial charge on any atom is -0.436 e. The number of thiophene rings is 1. The maximum atomic E-state index is 12.1. The zero-order valence-corrected chi connectivity index (χ0v) is 15.0. The number of carbonyl (C=O) groups excluding carboxylic acids is 1. The van der Waals surface area contributed by atoms with Crippen LogP contribution in [0.2, 0.25) is 0 Å². The number of hydrogen-bond donors (Lipinski definition) is 1. The van der Waals surface area contributed by atoms with Crippen LogP contribution in [0.1, 0.15) is 32.3 Å². The largest absolute Gasteiger partial charge is 0.436 e. The van der Waals surface area contributed by atoms with E-state index in [1.165, 1.54) is 0 Å². The second kappa shape index (κ2) is 6.44. The Morgan fingerprint density at radius 2 is 2.16 bits per heavy atom. The van der Waals surface area contributed by atoms with Gasteiger partial charge in [-0.15, -0.1) is 0 Å². The summed E-state index contributed by atoms with van der Waals surface area (Å²) in [4.78, 5) is 16.6. The molecule has 1 amide bonds. The van der Waals surface area contributed by atoms with Crippen molar-refractivity contribution in [3.63, 3.8) is 0 Å². The quantitative estimate of drug-likeness (QED) is 0.754. The minimum absolute atomic E-state index is 0.0126. The monoisotopic (exact) mass is 353 g/mol. The van der Waals surface area contributed by atoms with E-state index in [-0.39, 0.29) is 17.7 Å². The van der Waals surface area contributed by atoms with Gasteiger partial charge in [0.15, 0.2) is 5.58 Å². The van der Waals surface area contributed by atoms with Crippen LogP contribution in [0, 0.1) is 11.8 Å². The van der Waals surface area contributed by atoms with Gasteiger partial charge in [0.1, 0.15) is 5.52 Å². The lowest BCUT2D eigenvalue weighted by molar-refractivity contribution is -0.126. The highest BCUT2D eigenvalue weighted by Crippen LogP contribution is 2.29. The standard InChI is InChI=1S/C19H19N3O2S/c1-3-4-14-11(2)17(21-22-18(14)23)12-5-6-15-16(9-12)24-19(20-15)13-7-8-25-10-13/h5-11,14H,3-4H2,1-2H3,(H,22,23)/t11-,14-/m0/s1.